The van der Waals surface area contributed by atoms with Gasteiger partial charge in [-0.3, -0.25) is 10.1 Å². The van der Waals surface area contributed by atoms with Gasteiger partial charge in [0.05, 0.1) is 4.92 Å². The van der Waals surface area contributed by atoms with Crippen molar-refractivity contribution in [2.24, 2.45) is 0 Å². The first kappa shape index (κ1) is 14.4. The van der Waals surface area contributed by atoms with Crippen molar-refractivity contribution in [1.82, 2.24) is 5.16 Å². The van der Waals surface area contributed by atoms with E-state index in [0.717, 1.165) is 12.8 Å². The summed E-state index contributed by atoms with van der Waals surface area (Å²) in [4.78, 5) is 10.3. The first-order valence-corrected chi connectivity index (χ1v) is 6.44. The molecule has 0 aliphatic heterocycles. The molecular weight excluding hydrogens is 232 g/mol. The van der Waals surface area contributed by atoms with Gasteiger partial charge in [-0.15, -0.1) is 0 Å². The monoisotopic (exact) mass is 252 g/mol. The molecule has 18 heavy (non-hydrogen) atoms. The fourth-order valence-corrected chi connectivity index (χ4v) is 1.77. The molecule has 5 nitrogen and oxygen atoms in total. The highest BCUT2D eigenvalue weighted by atomic mass is 16.6. The summed E-state index contributed by atoms with van der Waals surface area (Å²) < 4.78 is 4.92. The predicted molar refractivity (Wildman–Crippen MR) is 70.3 cm³/mol. The SMILES string of the molecule is CCCCCCC/C=C/c1onc(C)c1[N+](=O)[O-]. The number of aromatic nitrogens is 1. The summed E-state index contributed by atoms with van der Waals surface area (Å²) in [6, 6.07) is 0. The van der Waals surface area contributed by atoms with Crippen molar-refractivity contribution in [1.29, 1.82) is 0 Å². The predicted octanol–water partition coefficient (Wildman–Crippen LogP) is 4.26. The molecule has 1 rings (SSSR count). The molecule has 0 saturated heterocycles. The third-order valence-electron chi connectivity index (χ3n) is 2.78. The maximum absolute atomic E-state index is 10.8. The number of rotatable bonds is 8. The maximum Gasteiger partial charge on any atom is 0.338 e. The molecule has 0 aliphatic rings. The van der Waals surface area contributed by atoms with E-state index < -0.39 is 4.92 Å². The quantitative estimate of drug-likeness (QED) is 0.393. The molecule has 0 fully saturated rings. The first-order chi connectivity index (χ1) is 8.66. The molecule has 1 heterocycles. The third kappa shape index (κ3) is 4.31. The molecule has 0 bridgehead atoms. The van der Waals surface area contributed by atoms with Crippen molar-refractivity contribution >= 4 is 11.8 Å². The van der Waals surface area contributed by atoms with Gasteiger partial charge in [-0.1, -0.05) is 43.8 Å². The van der Waals surface area contributed by atoms with Crippen LogP contribution in [0.15, 0.2) is 10.6 Å². The zero-order valence-corrected chi connectivity index (χ0v) is 11.0. The lowest BCUT2D eigenvalue weighted by Gasteiger charge is -1.95. The Bertz CT molecular complexity index is 410. The van der Waals surface area contributed by atoms with Crippen LogP contribution in [0.4, 0.5) is 5.69 Å². The first-order valence-electron chi connectivity index (χ1n) is 6.44. The number of hydrogen-bond donors (Lipinski definition) is 0. The number of unbranched alkanes of at least 4 members (excludes halogenated alkanes) is 5. The van der Waals surface area contributed by atoms with Gasteiger partial charge in [-0.2, -0.15) is 0 Å². The topological polar surface area (TPSA) is 69.2 Å². The molecule has 100 valence electrons. The summed E-state index contributed by atoms with van der Waals surface area (Å²) in [5, 5.41) is 14.4. The van der Waals surface area contributed by atoms with E-state index >= 15 is 0 Å². The van der Waals surface area contributed by atoms with Crippen LogP contribution < -0.4 is 0 Å². The number of hydrogen-bond acceptors (Lipinski definition) is 4. The number of nitro groups is 1. The molecule has 0 N–H and O–H groups in total. The Labute approximate surface area is 107 Å². The van der Waals surface area contributed by atoms with Crippen LogP contribution >= 0.6 is 0 Å². The van der Waals surface area contributed by atoms with Crippen LogP contribution in [0.5, 0.6) is 0 Å². The Morgan fingerprint density at radius 1 is 1.33 bits per heavy atom. The van der Waals surface area contributed by atoms with Gasteiger partial charge in [0.15, 0.2) is 5.69 Å². The minimum absolute atomic E-state index is 0.0303. The van der Waals surface area contributed by atoms with Crippen LogP contribution in [0.2, 0.25) is 0 Å². The number of nitrogens with zero attached hydrogens (tertiary/aromatic N) is 2. The van der Waals surface area contributed by atoms with E-state index in [0.29, 0.717) is 5.69 Å². The molecule has 0 aromatic carbocycles. The lowest BCUT2D eigenvalue weighted by Crippen LogP contribution is -1.90. The Kier molecular flexibility index (Phi) is 6.11. The van der Waals surface area contributed by atoms with Crippen molar-refractivity contribution in [3.05, 3.63) is 27.6 Å². The van der Waals surface area contributed by atoms with Crippen LogP contribution in [-0.4, -0.2) is 10.1 Å². The Morgan fingerprint density at radius 2 is 2.06 bits per heavy atom. The van der Waals surface area contributed by atoms with Gasteiger partial charge in [-0.25, -0.2) is 0 Å². The maximum atomic E-state index is 10.8. The van der Waals surface area contributed by atoms with Gasteiger partial charge in [0.25, 0.3) is 0 Å². The Hall–Kier alpha value is -1.65. The molecule has 0 amide bonds. The average Bonchev–Trinajstić information content (AvgIpc) is 2.69. The summed E-state index contributed by atoms with van der Waals surface area (Å²) >= 11 is 0. The van der Waals surface area contributed by atoms with Crippen molar-refractivity contribution in [3.8, 4) is 0 Å². The minimum Gasteiger partial charge on any atom is -0.349 e. The second-order valence-corrected chi connectivity index (χ2v) is 4.34. The summed E-state index contributed by atoms with van der Waals surface area (Å²) in [5.41, 5.74) is 0.292. The fourth-order valence-electron chi connectivity index (χ4n) is 1.77. The van der Waals surface area contributed by atoms with E-state index in [1.807, 2.05) is 6.08 Å². The van der Waals surface area contributed by atoms with Gasteiger partial charge in [0.1, 0.15) is 0 Å². The van der Waals surface area contributed by atoms with Crippen molar-refractivity contribution in [3.63, 3.8) is 0 Å². The molecule has 1 aromatic rings. The van der Waals surface area contributed by atoms with Crippen molar-refractivity contribution in [2.75, 3.05) is 0 Å². The molecule has 0 atom stereocenters. The Morgan fingerprint density at radius 3 is 2.72 bits per heavy atom. The second kappa shape index (κ2) is 7.63. The van der Waals surface area contributed by atoms with Crippen LogP contribution in [-0.2, 0) is 0 Å². The van der Waals surface area contributed by atoms with Crippen LogP contribution in [0.3, 0.4) is 0 Å². The standard InChI is InChI=1S/C13H20N2O3/c1-3-4-5-6-7-8-9-10-12-13(15(16)17)11(2)14-18-12/h9-10H,3-8H2,1-2H3/b10-9+. The molecule has 0 spiro atoms. The number of aryl methyl sites for hydroxylation is 1. The molecule has 0 saturated carbocycles. The van der Waals surface area contributed by atoms with Crippen LogP contribution in [0.25, 0.3) is 6.08 Å². The van der Waals surface area contributed by atoms with Crippen molar-refractivity contribution < 1.29 is 9.45 Å². The van der Waals surface area contributed by atoms with Gasteiger partial charge in [0.2, 0.25) is 5.76 Å². The highest BCUT2D eigenvalue weighted by Gasteiger charge is 2.21. The normalized spacial score (nSPS) is 11.2. The van der Waals surface area contributed by atoms with Crippen molar-refractivity contribution in [2.45, 2.75) is 52.4 Å². The zero-order chi connectivity index (χ0) is 13.4. The Balaban J connectivity index is 2.40. The van der Waals surface area contributed by atoms with E-state index in [-0.39, 0.29) is 11.4 Å². The molecular formula is C13H20N2O3. The molecule has 5 heteroatoms. The third-order valence-corrected chi connectivity index (χ3v) is 2.78. The van der Waals surface area contributed by atoms with E-state index in [4.69, 9.17) is 4.52 Å². The molecule has 0 radical (unpaired) electrons. The summed E-state index contributed by atoms with van der Waals surface area (Å²) in [5.74, 6) is 0.242. The highest BCUT2D eigenvalue weighted by molar-refractivity contribution is 5.56. The second-order valence-electron chi connectivity index (χ2n) is 4.34. The highest BCUT2D eigenvalue weighted by Crippen LogP contribution is 2.23. The van der Waals surface area contributed by atoms with Gasteiger partial charge >= 0.3 is 5.69 Å². The number of allylic oxidation sites excluding steroid dienone is 1. The summed E-state index contributed by atoms with van der Waals surface area (Å²) in [7, 11) is 0. The van der Waals surface area contributed by atoms with E-state index in [1.165, 1.54) is 25.7 Å². The zero-order valence-electron chi connectivity index (χ0n) is 11.0. The van der Waals surface area contributed by atoms with E-state index in [2.05, 4.69) is 12.1 Å². The van der Waals surface area contributed by atoms with Crippen LogP contribution in [0.1, 0.15) is 56.9 Å². The minimum atomic E-state index is -0.452. The molecule has 0 aliphatic carbocycles. The molecule has 1 aromatic heterocycles. The lowest BCUT2D eigenvalue weighted by molar-refractivity contribution is -0.386. The summed E-state index contributed by atoms with van der Waals surface area (Å²) in [6.45, 7) is 3.76. The van der Waals surface area contributed by atoms with E-state index in [9.17, 15) is 10.1 Å². The molecule has 0 unspecified atom stereocenters. The van der Waals surface area contributed by atoms with Gasteiger partial charge < -0.3 is 4.52 Å². The van der Waals surface area contributed by atoms with Crippen LogP contribution in [0, 0.1) is 17.0 Å². The summed E-state index contributed by atoms with van der Waals surface area (Å²) in [6.07, 6.45) is 10.6. The lowest BCUT2D eigenvalue weighted by atomic mass is 10.1. The smallest absolute Gasteiger partial charge is 0.338 e. The largest absolute Gasteiger partial charge is 0.349 e. The van der Waals surface area contributed by atoms with Gasteiger partial charge in [0, 0.05) is 0 Å². The van der Waals surface area contributed by atoms with Gasteiger partial charge in [-0.05, 0) is 25.8 Å². The average molecular weight is 252 g/mol. The fraction of sp³-hybridized carbons (Fsp3) is 0.615. The van der Waals surface area contributed by atoms with E-state index in [1.54, 1.807) is 13.0 Å².